The molecule has 1 N–H and O–H groups in total. The fourth-order valence-corrected chi connectivity index (χ4v) is 1.24. The molecule has 0 aliphatic heterocycles. The Bertz CT molecular complexity index is 319. The van der Waals surface area contributed by atoms with Gasteiger partial charge in [-0.2, -0.15) is 18.3 Å². The molecule has 0 aromatic carbocycles. The summed E-state index contributed by atoms with van der Waals surface area (Å²) in [5, 5.41) is 12.8. The summed E-state index contributed by atoms with van der Waals surface area (Å²) in [6, 6.07) is 1.18. The van der Waals surface area contributed by atoms with Crippen LogP contribution in [0, 0.1) is 5.92 Å². The molecule has 1 unspecified atom stereocenters. The Hall–Kier alpha value is -1.04. The predicted molar refractivity (Wildman–Crippen MR) is 48.1 cm³/mol. The molecule has 1 aromatic heterocycles. The molecule has 1 rings (SSSR count). The van der Waals surface area contributed by atoms with Crippen molar-refractivity contribution in [3.63, 3.8) is 0 Å². The number of nitrogens with zero attached hydrogens (tertiary/aromatic N) is 2. The van der Waals surface area contributed by atoms with E-state index in [0.717, 1.165) is 0 Å². The van der Waals surface area contributed by atoms with E-state index in [4.69, 9.17) is 5.11 Å². The van der Waals surface area contributed by atoms with Gasteiger partial charge in [0, 0.05) is 12.7 Å². The lowest BCUT2D eigenvalue weighted by Gasteiger charge is -2.17. The Morgan fingerprint density at radius 2 is 2.07 bits per heavy atom. The van der Waals surface area contributed by atoms with E-state index in [1.54, 1.807) is 0 Å². The Morgan fingerprint density at radius 1 is 1.47 bits per heavy atom. The summed E-state index contributed by atoms with van der Waals surface area (Å²) in [5.41, 5.74) is -0.212. The molecule has 1 aromatic rings. The first kappa shape index (κ1) is 12.0. The molecule has 0 bridgehead atoms. The standard InChI is InChI=1S/C9H13F3N2O/c1-6(2)5-14-7(3-4-13-14)8(15)9(10,11)12/h3-4,6,8,15H,5H2,1-2H3. The lowest BCUT2D eigenvalue weighted by molar-refractivity contribution is -0.209. The van der Waals surface area contributed by atoms with Gasteiger partial charge in [0.25, 0.3) is 0 Å². The third-order valence-electron chi connectivity index (χ3n) is 1.88. The van der Waals surface area contributed by atoms with Gasteiger partial charge in [0.15, 0.2) is 6.10 Å². The summed E-state index contributed by atoms with van der Waals surface area (Å²) in [6.07, 6.45) is -5.85. The van der Waals surface area contributed by atoms with E-state index in [2.05, 4.69) is 5.10 Å². The van der Waals surface area contributed by atoms with E-state index >= 15 is 0 Å². The quantitative estimate of drug-likeness (QED) is 0.850. The van der Waals surface area contributed by atoms with Gasteiger partial charge in [0.2, 0.25) is 0 Å². The number of aromatic nitrogens is 2. The van der Waals surface area contributed by atoms with Crippen molar-refractivity contribution in [1.82, 2.24) is 9.78 Å². The zero-order valence-electron chi connectivity index (χ0n) is 8.49. The second-order valence-corrected chi connectivity index (χ2v) is 3.78. The molecule has 0 saturated heterocycles. The maximum atomic E-state index is 12.2. The van der Waals surface area contributed by atoms with Crippen molar-refractivity contribution in [3.8, 4) is 0 Å². The largest absolute Gasteiger partial charge is 0.420 e. The summed E-state index contributed by atoms with van der Waals surface area (Å²) in [5.74, 6) is 0.170. The molecule has 0 aliphatic rings. The molecular formula is C9H13F3N2O. The number of hydrogen-bond acceptors (Lipinski definition) is 2. The zero-order valence-corrected chi connectivity index (χ0v) is 8.49. The Morgan fingerprint density at radius 3 is 2.53 bits per heavy atom. The summed E-state index contributed by atoms with van der Waals surface area (Å²) in [6.45, 7) is 4.09. The molecule has 1 heterocycles. The Kier molecular flexibility index (Phi) is 3.38. The van der Waals surface area contributed by atoms with Gasteiger partial charge in [0.05, 0.1) is 5.69 Å². The summed E-state index contributed by atoms with van der Waals surface area (Å²) in [7, 11) is 0. The van der Waals surface area contributed by atoms with Crippen LogP contribution in [0.15, 0.2) is 12.3 Å². The van der Waals surface area contributed by atoms with Gasteiger partial charge >= 0.3 is 6.18 Å². The van der Waals surface area contributed by atoms with Crippen LogP contribution in [0.1, 0.15) is 25.6 Å². The minimum Gasteiger partial charge on any atom is -0.378 e. The Labute approximate surface area is 85.5 Å². The van der Waals surface area contributed by atoms with Gasteiger partial charge in [-0.25, -0.2) is 0 Å². The van der Waals surface area contributed by atoms with Crippen molar-refractivity contribution < 1.29 is 18.3 Å². The van der Waals surface area contributed by atoms with Crippen LogP contribution in [0.4, 0.5) is 13.2 Å². The fourth-order valence-electron chi connectivity index (χ4n) is 1.24. The maximum absolute atomic E-state index is 12.2. The minimum absolute atomic E-state index is 0.170. The van der Waals surface area contributed by atoms with E-state index < -0.39 is 12.3 Å². The molecule has 6 heteroatoms. The number of aliphatic hydroxyl groups excluding tert-OH is 1. The lowest BCUT2D eigenvalue weighted by Crippen LogP contribution is -2.24. The first-order chi connectivity index (χ1) is 6.82. The first-order valence-corrected chi connectivity index (χ1v) is 4.59. The highest BCUT2D eigenvalue weighted by Crippen LogP contribution is 2.32. The molecule has 0 aliphatic carbocycles. The molecule has 0 spiro atoms. The summed E-state index contributed by atoms with van der Waals surface area (Å²) in [4.78, 5) is 0. The second-order valence-electron chi connectivity index (χ2n) is 3.78. The molecule has 15 heavy (non-hydrogen) atoms. The number of hydrogen-bond donors (Lipinski definition) is 1. The molecule has 0 saturated carbocycles. The van der Waals surface area contributed by atoms with Crippen LogP contribution in [0.5, 0.6) is 0 Å². The van der Waals surface area contributed by atoms with Crippen LogP contribution in [0.25, 0.3) is 0 Å². The average Bonchev–Trinajstić information content (AvgIpc) is 2.48. The van der Waals surface area contributed by atoms with Crippen molar-refractivity contribution in [2.45, 2.75) is 32.7 Å². The van der Waals surface area contributed by atoms with Crippen LogP contribution >= 0.6 is 0 Å². The van der Waals surface area contributed by atoms with Crippen LogP contribution < -0.4 is 0 Å². The molecule has 86 valence electrons. The minimum atomic E-state index is -4.64. The van der Waals surface area contributed by atoms with E-state index in [0.29, 0.717) is 6.54 Å². The van der Waals surface area contributed by atoms with Crippen LogP contribution in [-0.2, 0) is 6.54 Å². The molecule has 0 radical (unpaired) electrons. The highest BCUT2D eigenvalue weighted by atomic mass is 19.4. The first-order valence-electron chi connectivity index (χ1n) is 4.59. The molecule has 0 amide bonds. The van der Waals surface area contributed by atoms with Gasteiger partial charge in [0.1, 0.15) is 0 Å². The van der Waals surface area contributed by atoms with E-state index in [9.17, 15) is 13.2 Å². The smallest absolute Gasteiger partial charge is 0.378 e. The van der Waals surface area contributed by atoms with Crippen LogP contribution in [-0.4, -0.2) is 21.1 Å². The number of aliphatic hydroxyl groups is 1. The van der Waals surface area contributed by atoms with Crippen molar-refractivity contribution in [1.29, 1.82) is 0 Å². The van der Waals surface area contributed by atoms with Gasteiger partial charge in [-0.3, -0.25) is 4.68 Å². The van der Waals surface area contributed by atoms with Gasteiger partial charge in [-0.15, -0.1) is 0 Å². The maximum Gasteiger partial charge on any atom is 0.420 e. The number of halogens is 3. The zero-order chi connectivity index (χ0) is 11.6. The third-order valence-corrected chi connectivity index (χ3v) is 1.88. The SMILES string of the molecule is CC(C)Cn1nccc1C(O)C(F)(F)F. The molecular weight excluding hydrogens is 209 g/mol. The van der Waals surface area contributed by atoms with E-state index in [1.807, 2.05) is 13.8 Å². The summed E-state index contributed by atoms with van der Waals surface area (Å²) < 4.78 is 37.9. The molecule has 0 fully saturated rings. The molecule has 3 nitrogen and oxygen atoms in total. The van der Waals surface area contributed by atoms with Gasteiger partial charge in [-0.1, -0.05) is 13.8 Å². The van der Waals surface area contributed by atoms with Crippen molar-refractivity contribution in [3.05, 3.63) is 18.0 Å². The van der Waals surface area contributed by atoms with E-state index in [-0.39, 0.29) is 11.6 Å². The van der Waals surface area contributed by atoms with Crippen molar-refractivity contribution in [2.75, 3.05) is 0 Å². The number of rotatable bonds is 3. The highest BCUT2D eigenvalue weighted by molar-refractivity contribution is 5.06. The highest BCUT2D eigenvalue weighted by Gasteiger charge is 2.41. The van der Waals surface area contributed by atoms with E-state index in [1.165, 1.54) is 16.9 Å². The topological polar surface area (TPSA) is 38.0 Å². The fraction of sp³-hybridized carbons (Fsp3) is 0.667. The normalized spacial score (nSPS) is 14.6. The summed E-state index contributed by atoms with van der Waals surface area (Å²) >= 11 is 0. The number of alkyl halides is 3. The van der Waals surface area contributed by atoms with Crippen molar-refractivity contribution in [2.24, 2.45) is 5.92 Å². The van der Waals surface area contributed by atoms with Crippen LogP contribution in [0.3, 0.4) is 0 Å². The third kappa shape index (κ3) is 2.95. The van der Waals surface area contributed by atoms with Crippen LogP contribution in [0.2, 0.25) is 0 Å². The van der Waals surface area contributed by atoms with Gasteiger partial charge in [-0.05, 0) is 12.0 Å². The lowest BCUT2D eigenvalue weighted by atomic mass is 10.2. The molecule has 1 atom stereocenters. The van der Waals surface area contributed by atoms with Crippen molar-refractivity contribution >= 4 is 0 Å². The second kappa shape index (κ2) is 4.22. The van der Waals surface area contributed by atoms with Gasteiger partial charge < -0.3 is 5.11 Å². The monoisotopic (exact) mass is 222 g/mol. The predicted octanol–water partition coefficient (Wildman–Crippen LogP) is 2.13. The average molecular weight is 222 g/mol. The Balaban J connectivity index is 2.90.